The molecule has 2 N–H and O–H groups in total. The topological polar surface area (TPSA) is 71.6 Å². The van der Waals surface area contributed by atoms with E-state index in [1.165, 1.54) is 57.8 Å². The van der Waals surface area contributed by atoms with Crippen LogP contribution in [-0.4, -0.2) is 31.3 Å². The largest absolute Gasteiger partial charge is 0.401 e. The van der Waals surface area contributed by atoms with E-state index in [4.69, 9.17) is 10.5 Å². The van der Waals surface area contributed by atoms with Gasteiger partial charge < -0.3 is 10.6 Å². The molecule has 0 radical (unpaired) electrons. The van der Waals surface area contributed by atoms with Crippen molar-refractivity contribution in [1.29, 1.82) is 10.5 Å². The van der Waals surface area contributed by atoms with Crippen molar-refractivity contribution in [1.82, 2.24) is 10.6 Å². The van der Waals surface area contributed by atoms with Crippen LogP contribution in [0.1, 0.15) is 131 Å². The predicted molar refractivity (Wildman–Crippen MR) is 141 cm³/mol. The third kappa shape index (κ3) is 38.0. The van der Waals surface area contributed by atoms with Crippen molar-refractivity contribution in [2.45, 2.75) is 150 Å². The van der Waals surface area contributed by atoms with E-state index in [0.29, 0.717) is 12.5 Å². The summed E-state index contributed by atoms with van der Waals surface area (Å²) in [5, 5.41) is 20.7. The molecule has 2 aliphatic carbocycles. The van der Waals surface area contributed by atoms with Gasteiger partial charge in [-0.2, -0.15) is 18.4 Å². The lowest BCUT2D eigenvalue weighted by Crippen LogP contribution is -2.38. The molecule has 2 rings (SSSR count). The van der Waals surface area contributed by atoms with Gasteiger partial charge in [0, 0.05) is 31.6 Å². The summed E-state index contributed by atoms with van der Waals surface area (Å²) in [5.74, 6) is 0. The minimum absolute atomic E-state index is 0.0976. The number of unbranched alkanes of at least 4 members (excludes halogenated alkanes) is 1. The van der Waals surface area contributed by atoms with E-state index in [2.05, 4.69) is 51.0 Å². The SMILES string of the molecule is C#N.CC.CCC.CCCC.FC(F)(F)CNC1CCCCC1.N#CCCNC1CCCCC1. The van der Waals surface area contributed by atoms with Crippen LogP contribution in [0.4, 0.5) is 13.2 Å². The molecular formula is C27H55F3N4. The molecule has 0 aromatic rings. The lowest BCUT2D eigenvalue weighted by atomic mass is 9.95. The Labute approximate surface area is 210 Å². The Balaban J connectivity index is -0.000000188. The van der Waals surface area contributed by atoms with E-state index >= 15 is 0 Å². The second kappa shape index (κ2) is 33.9. The molecule has 0 amide bonds. The van der Waals surface area contributed by atoms with Crippen molar-refractivity contribution < 1.29 is 13.2 Å². The molecule has 4 nitrogen and oxygen atoms in total. The average molecular weight is 493 g/mol. The summed E-state index contributed by atoms with van der Waals surface area (Å²) in [5.41, 5.74) is 0. The monoisotopic (exact) mass is 492 g/mol. The molecule has 2 fully saturated rings. The van der Waals surface area contributed by atoms with Gasteiger partial charge in [-0.15, -0.1) is 0 Å². The molecule has 0 unspecified atom stereocenters. The Morgan fingerprint density at radius 1 is 0.765 bits per heavy atom. The fourth-order valence-corrected chi connectivity index (χ4v) is 3.21. The van der Waals surface area contributed by atoms with Crippen LogP contribution in [0.25, 0.3) is 0 Å². The van der Waals surface area contributed by atoms with E-state index in [0.717, 1.165) is 32.2 Å². The first-order valence-electron chi connectivity index (χ1n) is 13.5. The first kappa shape index (κ1) is 39.9. The zero-order chi connectivity index (χ0) is 27.1. The molecule has 204 valence electrons. The molecule has 0 aromatic carbocycles. The molecule has 2 aliphatic rings. The number of hydrogen-bond acceptors (Lipinski definition) is 4. The maximum absolute atomic E-state index is 11.7. The van der Waals surface area contributed by atoms with Gasteiger partial charge in [-0.3, -0.25) is 0 Å². The number of rotatable bonds is 6. The van der Waals surface area contributed by atoms with Crippen LogP contribution in [-0.2, 0) is 0 Å². The predicted octanol–water partition coefficient (Wildman–Crippen LogP) is 8.68. The highest BCUT2D eigenvalue weighted by Gasteiger charge is 2.28. The number of alkyl halides is 3. The van der Waals surface area contributed by atoms with Gasteiger partial charge in [0.15, 0.2) is 0 Å². The van der Waals surface area contributed by atoms with Gasteiger partial charge in [-0.1, -0.05) is 99.3 Å². The number of halogens is 3. The first-order valence-corrected chi connectivity index (χ1v) is 13.5. The van der Waals surface area contributed by atoms with Gasteiger partial charge in [-0.05, 0) is 25.7 Å². The van der Waals surface area contributed by atoms with Crippen molar-refractivity contribution in [3.05, 3.63) is 0 Å². The van der Waals surface area contributed by atoms with E-state index < -0.39 is 12.7 Å². The van der Waals surface area contributed by atoms with E-state index in [1.54, 1.807) is 0 Å². The summed E-state index contributed by atoms with van der Waals surface area (Å²) >= 11 is 0. The fourth-order valence-electron chi connectivity index (χ4n) is 3.21. The van der Waals surface area contributed by atoms with Crippen LogP contribution in [0.5, 0.6) is 0 Å². The van der Waals surface area contributed by atoms with Gasteiger partial charge >= 0.3 is 6.18 Å². The molecule has 34 heavy (non-hydrogen) atoms. The van der Waals surface area contributed by atoms with Gasteiger partial charge in [0.25, 0.3) is 0 Å². The van der Waals surface area contributed by atoms with Crippen molar-refractivity contribution in [2.75, 3.05) is 13.1 Å². The molecule has 0 bridgehead atoms. The van der Waals surface area contributed by atoms with Gasteiger partial charge in [-0.25, -0.2) is 5.26 Å². The third-order valence-electron chi connectivity index (χ3n) is 4.97. The Morgan fingerprint density at radius 2 is 1.12 bits per heavy atom. The highest BCUT2D eigenvalue weighted by atomic mass is 19.4. The second-order valence-electron chi connectivity index (χ2n) is 8.24. The molecule has 0 aromatic heterocycles. The normalized spacial score (nSPS) is 15.5. The van der Waals surface area contributed by atoms with Crippen LogP contribution >= 0.6 is 0 Å². The summed E-state index contributed by atoms with van der Waals surface area (Å²) < 4.78 is 35.2. The lowest BCUT2D eigenvalue weighted by Gasteiger charge is -2.23. The highest BCUT2D eigenvalue weighted by molar-refractivity contribution is 4.76. The minimum Gasteiger partial charge on any atom is -0.313 e. The van der Waals surface area contributed by atoms with Crippen LogP contribution in [0.3, 0.4) is 0 Å². The van der Waals surface area contributed by atoms with Gasteiger partial charge in [0.1, 0.15) is 0 Å². The van der Waals surface area contributed by atoms with Crippen LogP contribution < -0.4 is 10.6 Å². The second-order valence-corrected chi connectivity index (χ2v) is 8.24. The zero-order valence-corrected chi connectivity index (χ0v) is 23.1. The van der Waals surface area contributed by atoms with E-state index in [1.807, 2.05) is 13.8 Å². The Bertz CT molecular complexity index is 406. The Hall–Kier alpha value is -1.31. The maximum atomic E-state index is 11.7. The Kier molecular flexibility index (Phi) is 39.7. The van der Waals surface area contributed by atoms with Crippen LogP contribution in [0.2, 0.25) is 0 Å². The molecule has 0 atom stereocenters. The maximum Gasteiger partial charge on any atom is 0.401 e. The zero-order valence-electron chi connectivity index (χ0n) is 23.1. The summed E-state index contributed by atoms with van der Waals surface area (Å²) in [4.78, 5) is 0. The summed E-state index contributed by atoms with van der Waals surface area (Å²) in [7, 11) is 0. The summed E-state index contributed by atoms with van der Waals surface area (Å²) in [6.07, 6.45) is 12.3. The highest BCUT2D eigenvalue weighted by Crippen LogP contribution is 2.19. The summed E-state index contributed by atoms with van der Waals surface area (Å²) in [6, 6.07) is 2.95. The molecule has 7 heteroatoms. The Morgan fingerprint density at radius 3 is 1.41 bits per heavy atom. The quantitative estimate of drug-likeness (QED) is 0.364. The molecule has 0 saturated heterocycles. The van der Waals surface area contributed by atoms with E-state index in [9.17, 15) is 13.2 Å². The fraction of sp³-hybridized carbons (Fsp3) is 0.926. The van der Waals surface area contributed by atoms with E-state index in [-0.39, 0.29) is 6.04 Å². The smallest absolute Gasteiger partial charge is 0.313 e. The molecule has 0 aliphatic heterocycles. The number of hydrogen-bond donors (Lipinski definition) is 2. The minimum atomic E-state index is -4.06. The molecular weight excluding hydrogens is 437 g/mol. The van der Waals surface area contributed by atoms with Crippen molar-refractivity contribution in [2.24, 2.45) is 0 Å². The molecule has 0 heterocycles. The molecule has 2 saturated carbocycles. The first-order chi connectivity index (χ1) is 16.3. The molecule has 0 spiro atoms. The van der Waals surface area contributed by atoms with Gasteiger partial charge in [0.05, 0.1) is 12.6 Å². The van der Waals surface area contributed by atoms with Crippen molar-refractivity contribution >= 4 is 0 Å². The number of nitrogens with zero attached hydrogens (tertiary/aromatic N) is 2. The number of nitriles is 2. The van der Waals surface area contributed by atoms with Crippen molar-refractivity contribution in [3.63, 3.8) is 0 Å². The number of nitrogens with one attached hydrogen (secondary N) is 2. The van der Waals surface area contributed by atoms with Crippen molar-refractivity contribution in [3.8, 4) is 12.6 Å². The summed E-state index contributed by atoms with van der Waals surface area (Å²) in [6.45, 7) is 16.2. The third-order valence-corrected chi connectivity index (χ3v) is 4.97. The van der Waals surface area contributed by atoms with Gasteiger partial charge in [0.2, 0.25) is 0 Å². The van der Waals surface area contributed by atoms with Crippen LogP contribution in [0, 0.1) is 23.2 Å². The average Bonchev–Trinajstić information content (AvgIpc) is 2.87. The standard InChI is InChI=1S/C9H16N2.C8H14F3N.C4H10.C3H8.C2H6.CHN/c10-7-4-8-11-9-5-2-1-3-6-9;9-8(10,11)6-12-7-4-2-1-3-5-7;1-3-4-2;1-3-2;2*1-2/h9,11H,1-6,8H2;7,12H,1-6H2;3-4H2,1-2H3;3H2,1-2H3;1-2H3;1H. The van der Waals surface area contributed by atoms with Crippen LogP contribution in [0.15, 0.2) is 0 Å². The lowest BCUT2D eigenvalue weighted by molar-refractivity contribution is -0.126.